The average molecular weight is 954 g/mol. The summed E-state index contributed by atoms with van der Waals surface area (Å²) in [6.45, 7) is 4.63. The number of aliphatic hydroxyl groups excluding tert-OH is 1. The monoisotopic (exact) mass is 954 g/mol. The number of likely N-dealkylation sites (N-methyl/N-ethyl adjacent to an activating group) is 1. The van der Waals surface area contributed by atoms with Gasteiger partial charge in [0.2, 0.25) is 5.91 Å². The number of allylic oxidation sites excluding steroid dienone is 17. The molecule has 0 rings (SSSR count). The van der Waals surface area contributed by atoms with Gasteiger partial charge in [-0.1, -0.05) is 207 Å². The molecule has 0 aliphatic rings. The fourth-order valence-electron chi connectivity index (χ4n) is 7.02. The Balaban J connectivity index is 4.21. The molecular weight excluding hydrogens is 852 g/mol. The molecule has 0 aliphatic carbocycles. The lowest BCUT2D eigenvalue weighted by Gasteiger charge is -2.25. The minimum Gasteiger partial charge on any atom is -0.387 e. The Labute approximate surface area is 412 Å². The molecule has 1 amide bonds. The summed E-state index contributed by atoms with van der Waals surface area (Å²) in [5, 5.41) is 13.8. The Bertz CT molecular complexity index is 1450. The highest BCUT2D eigenvalue weighted by Crippen LogP contribution is 2.43. The van der Waals surface area contributed by atoms with Gasteiger partial charge in [0.1, 0.15) is 13.2 Å². The minimum atomic E-state index is -4.36. The van der Waals surface area contributed by atoms with E-state index < -0.39 is 20.0 Å². The molecule has 0 radical (unpaired) electrons. The zero-order chi connectivity index (χ0) is 49.2. The molecule has 0 saturated carbocycles. The van der Waals surface area contributed by atoms with E-state index >= 15 is 0 Å². The van der Waals surface area contributed by atoms with E-state index in [1.54, 1.807) is 6.08 Å². The van der Waals surface area contributed by atoms with Gasteiger partial charge in [0.15, 0.2) is 0 Å². The first-order chi connectivity index (χ1) is 32.5. The summed E-state index contributed by atoms with van der Waals surface area (Å²) in [5.41, 5.74) is 0. The van der Waals surface area contributed by atoms with Crippen LogP contribution in [0.1, 0.15) is 200 Å². The smallest absolute Gasteiger partial charge is 0.387 e. The van der Waals surface area contributed by atoms with Crippen molar-refractivity contribution < 1.29 is 32.9 Å². The van der Waals surface area contributed by atoms with Gasteiger partial charge in [0, 0.05) is 6.42 Å². The van der Waals surface area contributed by atoms with Crippen molar-refractivity contribution in [3.63, 3.8) is 0 Å². The number of nitrogens with zero attached hydrogens (tertiary/aromatic N) is 1. The molecule has 0 bridgehead atoms. The number of unbranched alkanes of at least 4 members (excludes halogenated alkanes) is 18. The van der Waals surface area contributed by atoms with Crippen LogP contribution in [-0.2, 0) is 18.4 Å². The second kappa shape index (κ2) is 48.2. The third-order valence-electron chi connectivity index (χ3n) is 11.2. The van der Waals surface area contributed by atoms with E-state index in [1.807, 2.05) is 27.2 Å². The van der Waals surface area contributed by atoms with Crippen LogP contribution in [-0.4, -0.2) is 73.4 Å². The zero-order valence-electron chi connectivity index (χ0n) is 43.6. The van der Waals surface area contributed by atoms with Gasteiger partial charge in [0.25, 0.3) is 0 Å². The van der Waals surface area contributed by atoms with Crippen LogP contribution >= 0.6 is 7.82 Å². The maximum atomic E-state index is 12.9. The number of aliphatic hydroxyl groups is 1. The predicted molar refractivity (Wildman–Crippen MR) is 290 cm³/mol. The van der Waals surface area contributed by atoms with Gasteiger partial charge in [-0.3, -0.25) is 13.8 Å². The number of rotatable bonds is 47. The second-order valence-corrected chi connectivity index (χ2v) is 20.3. The summed E-state index contributed by atoms with van der Waals surface area (Å²) in [6.07, 6.45) is 70.4. The van der Waals surface area contributed by atoms with Crippen LogP contribution in [0.25, 0.3) is 0 Å². The number of amides is 1. The number of phosphoric ester groups is 1. The Hall–Kier alpha value is -2.84. The molecule has 3 N–H and O–H groups in total. The highest BCUT2D eigenvalue weighted by molar-refractivity contribution is 7.47. The van der Waals surface area contributed by atoms with Crippen molar-refractivity contribution >= 4 is 13.7 Å². The first kappa shape index (κ1) is 64.2. The molecule has 0 spiro atoms. The number of carbonyl (C=O) groups is 1. The normalized spacial score (nSPS) is 14.9. The molecule has 0 aromatic heterocycles. The van der Waals surface area contributed by atoms with E-state index in [4.69, 9.17) is 9.05 Å². The first-order valence-corrected chi connectivity index (χ1v) is 28.3. The zero-order valence-corrected chi connectivity index (χ0v) is 44.5. The van der Waals surface area contributed by atoms with E-state index in [9.17, 15) is 19.4 Å². The summed E-state index contributed by atoms with van der Waals surface area (Å²) in [7, 11) is 1.53. The molecule has 0 aromatic carbocycles. The molecule has 384 valence electrons. The highest BCUT2D eigenvalue weighted by atomic mass is 31.2. The Morgan fingerprint density at radius 2 is 0.910 bits per heavy atom. The molecule has 8 nitrogen and oxygen atoms in total. The maximum absolute atomic E-state index is 12.9. The van der Waals surface area contributed by atoms with E-state index in [0.29, 0.717) is 17.4 Å². The first-order valence-electron chi connectivity index (χ1n) is 26.8. The van der Waals surface area contributed by atoms with Crippen LogP contribution in [0.5, 0.6) is 0 Å². The number of quaternary nitrogens is 1. The van der Waals surface area contributed by atoms with E-state index in [0.717, 1.165) is 89.9 Å². The molecule has 0 saturated heterocycles. The van der Waals surface area contributed by atoms with Crippen LogP contribution in [0, 0.1) is 0 Å². The van der Waals surface area contributed by atoms with E-state index in [2.05, 4.69) is 116 Å². The fraction of sp³-hybridized carbons (Fsp3) is 0.672. The number of phosphoric acid groups is 1. The summed E-state index contributed by atoms with van der Waals surface area (Å²) in [5.74, 6) is -0.199. The third-order valence-corrected chi connectivity index (χ3v) is 12.2. The highest BCUT2D eigenvalue weighted by Gasteiger charge is 2.27. The van der Waals surface area contributed by atoms with Gasteiger partial charge in [-0.15, -0.1) is 0 Å². The van der Waals surface area contributed by atoms with Crippen LogP contribution in [0.2, 0.25) is 0 Å². The van der Waals surface area contributed by atoms with Gasteiger partial charge in [-0.05, 0) is 96.3 Å². The fourth-order valence-corrected chi connectivity index (χ4v) is 7.75. The molecule has 0 aromatic rings. The van der Waals surface area contributed by atoms with Gasteiger partial charge in [-0.2, -0.15) is 0 Å². The van der Waals surface area contributed by atoms with Crippen molar-refractivity contribution in [1.82, 2.24) is 5.32 Å². The standard InChI is InChI=1S/C58H101N2O6P/c1-6-8-10-12-14-16-18-20-22-23-24-25-26-27-28-29-30-31-32-33-34-35-36-37-38-40-42-44-46-48-50-52-58(62)59-56(55-66-67(63,64)65-54-53-60(3,4)5)57(61)51-49-47-45-43-41-39-21-19-17-15-13-11-9-7-2/h8,10,14,16-17,19-20,22,24-25,27-28,30-31,41,43,49,51,56-57,61H,6-7,9,11-13,15,18,21,23,26,29,32-40,42,44-48,50,52-55H2,1-5H3,(H-,59,62,63,64)/p+1/b10-8-,16-14-,19-17+,22-20-,25-24-,28-27-,31-30-,43-41+,51-49+. The largest absolute Gasteiger partial charge is 0.472 e. The van der Waals surface area contributed by atoms with Crippen molar-refractivity contribution in [2.75, 3.05) is 40.9 Å². The molecule has 0 fully saturated rings. The van der Waals surface area contributed by atoms with Crippen molar-refractivity contribution in [1.29, 1.82) is 0 Å². The molecule has 3 atom stereocenters. The Kier molecular flexibility index (Phi) is 46.2. The van der Waals surface area contributed by atoms with Crippen LogP contribution in [0.15, 0.2) is 109 Å². The lowest BCUT2D eigenvalue weighted by molar-refractivity contribution is -0.870. The molecular formula is C58H102N2O6P+. The van der Waals surface area contributed by atoms with Crippen LogP contribution in [0.3, 0.4) is 0 Å². The summed E-state index contributed by atoms with van der Waals surface area (Å²) < 4.78 is 23.6. The average Bonchev–Trinajstić information content (AvgIpc) is 3.29. The number of hydrogen-bond acceptors (Lipinski definition) is 5. The molecule has 0 heterocycles. The van der Waals surface area contributed by atoms with Gasteiger partial charge in [0.05, 0.1) is 39.9 Å². The van der Waals surface area contributed by atoms with Gasteiger partial charge >= 0.3 is 7.82 Å². The second-order valence-electron chi connectivity index (χ2n) is 18.8. The lowest BCUT2D eigenvalue weighted by atomic mass is 10.0. The summed E-state index contributed by atoms with van der Waals surface area (Å²) in [4.78, 5) is 23.2. The number of nitrogens with one attached hydrogen (secondary N) is 1. The van der Waals surface area contributed by atoms with E-state index in [-0.39, 0.29) is 19.1 Å². The quantitative estimate of drug-likeness (QED) is 0.0243. The SMILES string of the molecule is CC/C=C\C/C=C\C/C=C\C/C=C\C/C=C\C/C=C\CCCCCCCCCCCCCCC(=O)NC(COP(=O)(O)OCC[N+](C)(C)C)C(O)/C=C/CC/C=C/CC/C=C/CCCCCC. The third kappa shape index (κ3) is 50.9. The molecule has 9 heteroatoms. The predicted octanol–water partition coefficient (Wildman–Crippen LogP) is 16.0. The van der Waals surface area contributed by atoms with Crippen LogP contribution < -0.4 is 5.32 Å². The van der Waals surface area contributed by atoms with E-state index in [1.165, 1.54) is 89.9 Å². The summed E-state index contributed by atoms with van der Waals surface area (Å²) in [6, 6.07) is -0.877. The number of hydrogen-bond donors (Lipinski definition) is 3. The van der Waals surface area contributed by atoms with Crippen molar-refractivity contribution in [2.24, 2.45) is 0 Å². The summed E-state index contributed by atoms with van der Waals surface area (Å²) >= 11 is 0. The molecule has 0 aliphatic heterocycles. The van der Waals surface area contributed by atoms with Gasteiger partial charge < -0.3 is 19.8 Å². The minimum absolute atomic E-state index is 0.0481. The number of carbonyl (C=O) groups excluding carboxylic acids is 1. The van der Waals surface area contributed by atoms with Crippen molar-refractivity contribution in [2.45, 2.75) is 212 Å². The Morgan fingerprint density at radius 3 is 1.37 bits per heavy atom. The molecule has 67 heavy (non-hydrogen) atoms. The van der Waals surface area contributed by atoms with Crippen molar-refractivity contribution in [3.05, 3.63) is 109 Å². The Morgan fingerprint density at radius 1 is 0.522 bits per heavy atom. The maximum Gasteiger partial charge on any atom is 0.472 e. The molecule has 3 unspecified atom stereocenters. The van der Waals surface area contributed by atoms with Gasteiger partial charge in [-0.25, -0.2) is 4.57 Å². The van der Waals surface area contributed by atoms with Crippen LogP contribution in [0.4, 0.5) is 0 Å². The van der Waals surface area contributed by atoms with Crippen molar-refractivity contribution in [3.8, 4) is 0 Å². The topological polar surface area (TPSA) is 105 Å². The lowest BCUT2D eigenvalue weighted by Crippen LogP contribution is -2.45.